The lowest BCUT2D eigenvalue weighted by Crippen LogP contribution is -2.47. The maximum absolute atomic E-state index is 12.8. The lowest BCUT2D eigenvalue weighted by atomic mass is 9.90. The summed E-state index contributed by atoms with van der Waals surface area (Å²) in [6.07, 6.45) is 1.60. The zero-order valence-corrected chi connectivity index (χ0v) is 12.7. The molecule has 2 atom stereocenters. The van der Waals surface area contributed by atoms with E-state index in [0.717, 1.165) is 12.8 Å². The van der Waals surface area contributed by atoms with Crippen LogP contribution in [-0.2, 0) is 9.84 Å². The Bertz CT molecular complexity index is 592. The lowest BCUT2D eigenvalue weighted by Gasteiger charge is -2.38. The van der Waals surface area contributed by atoms with Crippen LogP contribution in [0.15, 0.2) is 29.2 Å². The van der Waals surface area contributed by atoms with Crippen LogP contribution in [0.5, 0.6) is 0 Å². The molecule has 118 valence electrons. The number of benzene rings is 1. The molecule has 0 saturated carbocycles. The van der Waals surface area contributed by atoms with Gasteiger partial charge in [0.15, 0.2) is 0 Å². The summed E-state index contributed by atoms with van der Waals surface area (Å²) in [7, 11) is -4.60. The van der Waals surface area contributed by atoms with Gasteiger partial charge in [0.25, 0.3) is 0 Å². The van der Waals surface area contributed by atoms with Gasteiger partial charge in [-0.1, -0.05) is 25.5 Å². The number of hydrogen-bond acceptors (Lipinski definition) is 4. The summed E-state index contributed by atoms with van der Waals surface area (Å²) in [5.41, 5.74) is 6.39. The van der Waals surface area contributed by atoms with Gasteiger partial charge in [0.2, 0.25) is 9.84 Å². The first-order chi connectivity index (χ1) is 9.87. The average molecular weight is 318 g/mol. The maximum atomic E-state index is 12.8. The molecule has 21 heavy (non-hydrogen) atoms. The van der Waals surface area contributed by atoms with Gasteiger partial charge in [-0.3, -0.25) is 0 Å². The van der Waals surface area contributed by atoms with Crippen LogP contribution in [0.2, 0.25) is 0 Å². The Labute approximate surface area is 123 Å². The van der Waals surface area contributed by atoms with E-state index in [1.807, 2.05) is 11.8 Å². The van der Waals surface area contributed by atoms with Crippen molar-refractivity contribution in [3.8, 4) is 0 Å². The first kappa shape index (κ1) is 16.2. The molecule has 1 aliphatic heterocycles. The SMILES string of the molecule is CCC1CN(c2ccccc2S(=O)(=O)C(F)F)CCC1N. The molecule has 0 aliphatic carbocycles. The summed E-state index contributed by atoms with van der Waals surface area (Å²) >= 11 is 0. The van der Waals surface area contributed by atoms with Crippen molar-refractivity contribution in [2.75, 3.05) is 18.0 Å². The number of para-hydroxylation sites is 1. The molecule has 4 nitrogen and oxygen atoms in total. The van der Waals surface area contributed by atoms with Crippen molar-refractivity contribution in [2.45, 2.75) is 36.5 Å². The van der Waals surface area contributed by atoms with E-state index < -0.39 is 15.6 Å². The standard InChI is InChI=1S/C14H20F2N2O2S/c1-2-10-9-18(8-7-11(10)17)12-5-3-4-6-13(12)21(19,20)14(15)16/h3-6,10-11,14H,2,7-9,17H2,1H3. The van der Waals surface area contributed by atoms with Crippen molar-refractivity contribution in [1.82, 2.24) is 0 Å². The number of rotatable bonds is 4. The molecule has 0 radical (unpaired) electrons. The highest BCUT2D eigenvalue weighted by atomic mass is 32.2. The first-order valence-corrected chi connectivity index (χ1v) is 8.54. The zero-order valence-electron chi connectivity index (χ0n) is 11.9. The van der Waals surface area contributed by atoms with Crippen molar-refractivity contribution < 1.29 is 17.2 Å². The van der Waals surface area contributed by atoms with Crippen LogP contribution in [0, 0.1) is 5.92 Å². The summed E-state index contributed by atoms with van der Waals surface area (Å²) < 4.78 is 49.3. The number of hydrogen-bond donors (Lipinski definition) is 1. The predicted octanol–water partition coefficient (Wildman–Crippen LogP) is 2.25. The Hall–Kier alpha value is -1.21. The van der Waals surface area contributed by atoms with Gasteiger partial charge in [0.05, 0.1) is 10.6 Å². The number of piperidine rings is 1. The first-order valence-electron chi connectivity index (χ1n) is 6.99. The molecule has 2 rings (SSSR count). The Morgan fingerprint density at radius 1 is 1.38 bits per heavy atom. The van der Waals surface area contributed by atoms with Crippen LogP contribution >= 0.6 is 0 Å². The van der Waals surface area contributed by atoms with Gasteiger partial charge in [-0.25, -0.2) is 8.42 Å². The highest BCUT2D eigenvalue weighted by Crippen LogP contribution is 2.32. The largest absolute Gasteiger partial charge is 0.370 e. The minimum Gasteiger partial charge on any atom is -0.370 e. The van der Waals surface area contributed by atoms with Gasteiger partial charge in [-0.2, -0.15) is 8.78 Å². The third-order valence-electron chi connectivity index (χ3n) is 4.06. The van der Waals surface area contributed by atoms with Crippen LogP contribution in [0.4, 0.5) is 14.5 Å². The summed E-state index contributed by atoms with van der Waals surface area (Å²) in [5.74, 6) is -3.17. The average Bonchev–Trinajstić information content (AvgIpc) is 2.47. The van der Waals surface area contributed by atoms with E-state index in [2.05, 4.69) is 0 Å². The molecule has 1 heterocycles. The second-order valence-corrected chi connectivity index (χ2v) is 7.23. The van der Waals surface area contributed by atoms with Crippen LogP contribution in [0.25, 0.3) is 0 Å². The Morgan fingerprint density at radius 2 is 2.05 bits per heavy atom. The van der Waals surface area contributed by atoms with Crippen molar-refractivity contribution in [3.63, 3.8) is 0 Å². The molecule has 1 aromatic carbocycles. The number of alkyl halides is 2. The molecule has 0 bridgehead atoms. The highest BCUT2D eigenvalue weighted by molar-refractivity contribution is 7.91. The number of halogens is 2. The number of nitrogens with two attached hydrogens (primary N) is 1. The minimum absolute atomic E-state index is 0.0742. The topological polar surface area (TPSA) is 63.4 Å². The normalized spacial score (nSPS) is 23.6. The van der Waals surface area contributed by atoms with Crippen molar-refractivity contribution in [2.24, 2.45) is 11.7 Å². The molecule has 1 aromatic rings. The molecule has 0 aromatic heterocycles. The second kappa shape index (κ2) is 6.27. The lowest BCUT2D eigenvalue weighted by molar-refractivity contribution is 0.234. The molecule has 7 heteroatoms. The van der Waals surface area contributed by atoms with Crippen molar-refractivity contribution >= 4 is 15.5 Å². The van der Waals surface area contributed by atoms with E-state index >= 15 is 0 Å². The Morgan fingerprint density at radius 3 is 2.67 bits per heavy atom. The van der Waals surface area contributed by atoms with Gasteiger partial charge in [-0.15, -0.1) is 0 Å². The monoisotopic (exact) mass is 318 g/mol. The Balaban J connectivity index is 2.37. The van der Waals surface area contributed by atoms with Gasteiger partial charge in [0, 0.05) is 19.1 Å². The molecule has 2 N–H and O–H groups in total. The van der Waals surface area contributed by atoms with Gasteiger partial charge in [-0.05, 0) is 24.5 Å². The summed E-state index contributed by atoms with van der Waals surface area (Å²) in [6, 6.07) is 6.02. The third kappa shape index (κ3) is 3.18. The molecule has 1 fully saturated rings. The molecular formula is C14H20F2N2O2S. The highest BCUT2D eigenvalue weighted by Gasteiger charge is 2.33. The van der Waals surface area contributed by atoms with E-state index in [0.29, 0.717) is 18.8 Å². The van der Waals surface area contributed by atoms with Crippen LogP contribution < -0.4 is 10.6 Å². The van der Waals surface area contributed by atoms with Gasteiger partial charge >= 0.3 is 5.76 Å². The van der Waals surface area contributed by atoms with E-state index in [9.17, 15) is 17.2 Å². The van der Waals surface area contributed by atoms with Crippen molar-refractivity contribution in [3.05, 3.63) is 24.3 Å². The third-order valence-corrected chi connectivity index (χ3v) is 5.49. The number of nitrogens with zero attached hydrogens (tertiary/aromatic N) is 1. The Kier molecular flexibility index (Phi) is 4.83. The molecular weight excluding hydrogens is 298 g/mol. The summed E-state index contributed by atoms with van der Waals surface area (Å²) in [4.78, 5) is 1.55. The van der Waals surface area contributed by atoms with E-state index in [-0.39, 0.29) is 16.9 Å². The minimum atomic E-state index is -4.60. The fraction of sp³-hybridized carbons (Fsp3) is 0.571. The summed E-state index contributed by atoms with van der Waals surface area (Å²) in [6.45, 7) is 3.19. The van der Waals surface area contributed by atoms with Crippen LogP contribution in [0.3, 0.4) is 0 Å². The molecule has 1 aliphatic rings. The fourth-order valence-corrected chi connectivity index (χ4v) is 3.70. The smallest absolute Gasteiger partial charge is 0.341 e. The zero-order chi connectivity index (χ0) is 15.6. The molecule has 2 unspecified atom stereocenters. The molecule has 0 spiro atoms. The number of sulfone groups is 1. The van der Waals surface area contributed by atoms with Crippen molar-refractivity contribution in [1.29, 1.82) is 0 Å². The number of anilines is 1. The van der Waals surface area contributed by atoms with E-state index in [4.69, 9.17) is 5.73 Å². The van der Waals surface area contributed by atoms with Gasteiger partial charge < -0.3 is 10.6 Å². The quantitative estimate of drug-likeness (QED) is 0.925. The second-order valence-electron chi connectivity index (χ2n) is 5.34. The molecule has 1 saturated heterocycles. The van der Waals surface area contributed by atoms with E-state index in [1.54, 1.807) is 12.1 Å². The predicted molar refractivity (Wildman–Crippen MR) is 78.2 cm³/mol. The summed E-state index contributed by atoms with van der Waals surface area (Å²) in [5, 5.41) is 0. The molecule has 0 amide bonds. The van der Waals surface area contributed by atoms with Crippen LogP contribution in [-0.4, -0.2) is 33.3 Å². The van der Waals surface area contributed by atoms with E-state index in [1.165, 1.54) is 12.1 Å². The fourth-order valence-electron chi connectivity index (χ4n) is 2.76. The maximum Gasteiger partial charge on any atom is 0.341 e. The van der Waals surface area contributed by atoms with Gasteiger partial charge in [0.1, 0.15) is 0 Å². The van der Waals surface area contributed by atoms with Crippen LogP contribution in [0.1, 0.15) is 19.8 Å².